The average Bonchev–Trinajstić information content (AvgIpc) is 2.73. The van der Waals surface area contributed by atoms with E-state index in [1.807, 2.05) is 38.1 Å². The molecule has 29 heavy (non-hydrogen) atoms. The molecule has 3 aromatic rings. The van der Waals surface area contributed by atoms with Crippen LogP contribution in [0.1, 0.15) is 24.3 Å². The van der Waals surface area contributed by atoms with Crippen LogP contribution in [0.5, 0.6) is 0 Å². The molecule has 1 saturated heterocycles. The topological polar surface area (TPSA) is 58.6 Å². The highest BCUT2D eigenvalue weighted by atomic mass is 19.1. The van der Waals surface area contributed by atoms with E-state index in [2.05, 4.69) is 14.8 Å². The number of benzene rings is 2. The number of hydrogen-bond donors (Lipinski definition) is 0. The highest BCUT2D eigenvalue weighted by molar-refractivity contribution is 5.95. The molecule has 6 nitrogen and oxygen atoms in total. The molecule has 0 radical (unpaired) electrons. The van der Waals surface area contributed by atoms with Crippen LogP contribution in [0, 0.1) is 5.82 Å². The Morgan fingerprint density at radius 2 is 1.52 bits per heavy atom. The second kappa shape index (κ2) is 8.03. The molecular weight excluding hydrogens is 371 g/mol. The average molecular weight is 394 g/mol. The van der Waals surface area contributed by atoms with E-state index in [9.17, 15) is 9.18 Å². The van der Waals surface area contributed by atoms with E-state index in [1.54, 1.807) is 12.1 Å². The molecule has 0 aliphatic carbocycles. The predicted octanol–water partition coefficient (Wildman–Crippen LogP) is 3.66. The third-order valence-corrected chi connectivity index (χ3v) is 4.86. The molecule has 2 heterocycles. The third-order valence-electron chi connectivity index (χ3n) is 4.86. The summed E-state index contributed by atoms with van der Waals surface area (Å²) < 4.78 is 18.6. The normalized spacial score (nSPS) is 14.5. The first kappa shape index (κ1) is 19.1. The van der Waals surface area contributed by atoms with Gasteiger partial charge >= 0.3 is 5.97 Å². The highest BCUT2D eigenvalue weighted by Crippen LogP contribution is 2.25. The van der Waals surface area contributed by atoms with Gasteiger partial charge in [-0.05, 0) is 50.2 Å². The summed E-state index contributed by atoms with van der Waals surface area (Å²) in [7, 11) is 0. The maximum Gasteiger partial charge on any atom is 0.361 e. The smallest absolute Gasteiger partial charge is 0.361 e. The van der Waals surface area contributed by atoms with E-state index in [4.69, 9.17) is 9.72 Å². The van der Waals surface area contributed by atoms with E-state index < -0.39 is 5.97 Å². The lowest BCUT2D eigenvalue weighted by Crippen LogP contribution is -2.47. The fraction of sp³-hybridized carbons (Fsp3) is 0.318. The molecule has 1 aromatic heterocycles. The molecule has 1 aliphatic heterocycles. The van der Waals surface area contributed by atoms with Crippen LogP contribution < -0.4 is 9.80 Å². The standard InChI is InChI=1S/C22H23FN4O2/c1-15(2)29-22(28)20-21(25-19-6-4-3-5-18(19)24-20)27-13-11-26(12-14-27)17-9-7-16(23)8-10-17/h3-10,15H,11-14H2,1-2H3. The van der Waals surface area contributed by atoms with Crippen LogP contribution in [0.2, 0.25) is 0 Å². The number of esters is 1. The van der Waals surface area contributed by atoms with Gasteiger partial charge in [0.2, 0.25) is 0 Å². The summed E-state index contributed by atoms with van der Waals surface area (Å²) in [6.45, 7) is 6.44. The highest BCUT2D eigenvalue weighted by Gasteiger charge is 2.26. The number of ether oxygens (including phenoxy) is 1. The lowest BCUT2D eigenvalue weighted by Gasteiger charge is -2.37. The lowest BCUT2D eigenvalue weighted by molar-refractivity contribution is 0.0371. The van der Waals surface area contributed by atoms with Crippen LogP contribution in [-0.2, 0) is 4.74 Å². The number of halogens is 1. The maximum absolute atomic E-state index is 13.2. The molecule has 0 unspecified atom stereocenters. The Balaban J connectivity index is 1.61. The number of fused-ring (bicyclic) bond motifs is 1. The summed E-state index contributed by atoms with van der Waals surface area (Å²) in [5, 5.41) is 0. The molecule has 0 amide bonds. The Bertz CT molecular complexity index is 1020. The monoisotopic (exact) mass is 394 g/mol. The van der Waals surface area contributed by atoms with Crippen molar-refractivity contribution in [3.63, 3.8) is 0 Å². The fourth-order valence-electron chi connectivity index (χ4n) is 3.45. The summed E-state index contributed by atoms with van der Waals surface area (Å²) in [6.07, 6.45) is -0.237. The van der Waals surface area contributed by atoms with Gasteiger partial charge in [-0.15, -0.1) is 0 Å². The Morgan fingerprint density at radius 3 is 2.14 bits per heavy atom. The van der Waals surface area contributed by atoms with E-state index >= 15 is 0 Å². The van der Waals surface area contributed by atoms with Crippen molar-refractivity contribution in [2.75, 3.05) is 36.0 Å². The summed E-state index contributed by atoms with van der Waals surface area (Å²) >= 11 is 0. The van der Waals surface area contributed by atoms with Crippen molar-refractivity contribution in [3.05, 3.63) is 60.0 Å². The molecule has 0 N–H and O–H groups in total. The van der Waals surface area contributed by atoms with Gasteiger partial charge in [-0.25, -0.2) is 19.2 Å². The zero-order valence-corrected chi connectivity index (χ0v) is 16.5. The van der Waals surface area contributed by atoms with Crippen molar-refractivity contribution in [1.29, 1.82) is 0 Å². The molecule has 4 rings (SSSR count). The van der Waals surface area contributed by atoms with Crippen molar-refractivity contribution in [3.8, 4) is 0 Å². The zero-order valence-electron chi connectivity index (χ0n) is 16.5. The molecular formula is C22H23FN4O2. The lowest BCUT2D eigenvalue weighted by atomic mass is 10.2. The molecule has 0 bridgehead atoms. The minimum atomic E-state index is -0.464. The van der Waals surface area contributed by atoms with E-state index in [1.165, 1.54) is 12.1 Å². The van der Waals surface area contributed by atoms with Crippen molar-refractivity contribution >= 4 is 28.5 Å². The first-order valence-corrected chi connectivity index (χ1v) is 9.74. The van der Waals surface area contributed by atoms with Crippen molar-refractivity contribution in [2.24, 2.45) is 0 Å². The van der Waals surface area contributed by atoms with Crippen molar-refractivity contribution in [1.82, 2.24) is 9.97 Å². The number of piperazine rings is 1. The molecule has 1 fully saturated rings. The first-order chi connectivity index (χ1) is 14.0. The number of aromatic nitrogens is 2. The quantitative estimate of drug-likeness (QED) is 0.630. The van der Waals surface area contributed by atoms with Crippen LogP contribution >= 0.6 is 0 Å². The second-order valence-electron chi connectivity index (χ2n) is 7.29. The summed E-state index contributed by atoms with van der Waals surface area (Å²) in [5.74, 6) is -0.158. The van der Waals surface area contributed by atoms with Crippen molar-refractivity contribution in [2.45, 2.75) is 20.0 Å². The minimum Gasteiger partial charge on any atom is -0.458 e. The number of anilines is 2. The van der Waals surface area contributed by atoms with Gasteiger partial charge in [0.05, 0.1) is 17.1 Å². The van der Waals surface area contributed by atoms with E-state index in [0.717, 1.165) is 24.3 Å². The van der Waals surface area contributed by atoms with Gasteiger partial charge in [0.25, 0.3) is 0 Å². The van der Waals surface area contributed by atoms with E-state index in [-0.39, 0.29) is 17.6 Å². The molecule has 1 aliphatic rings. The molecule has 0 saturated carbocycles. The van der Waals surface area contributed by atoms with Gasteiger partial charge in [-0.2, -0.15) is 0 Å². The fourth-order valence-corrected chi connectivity index (χ4v) is 3.45. The van der Waals surface area contributed by atoms with Crippen LogP contribution in [0.25, 0.3) is 11.0 Å². The van der Waals surface area contributed by atoms with Gasteiger partial charge in [0.1, 0.15) is 5.82 Å². The number of carbonyl (C=O) groups is 1. The van der Waals surface area contributed by atoms with Crippen LogP contribution in [0.3, 0.4) is 0 Å². The van der Waals surface area contributed by atoms with Gasteiger partial charge in [0.15, 0.2) is 11.5 Å². The largest absolute Gasteiger partial charge is 0.458 e. The number of nitrogens with zero attached hydrogens (tertiary/aromatic N) is 4. The van der Waals surface area contributed by atoms with Gasteiger partial charge < -0.3 is 14.5 Å². The Kier molecular flexibility index (Phi) is 5.29. The zero-order chi connectivity index (χ0) is 20.4. The molecule has 2 aromatic carbocycles. The second-order valence-corrected chi connectivity index (χ2v) is 7.29. The van der Waals surface area contributed by atoms with Gasteiger partial charge in [-0.1, -0.05) is 12.1 Å². The number of rotatable bonds is 4. The predicted molar refractivity (Wildman–Crippen MR) is 111 cm³/mol. The van der Waals surface area contributed by atoms with Gasteiger partial charge in [-0.3, -0.25) is 0 Å². The van der Waals surface area contributed by atoms with E-state index in [0.29, 0.717) is 24.4 Å². The minimum absolute atomic E-state index is 0.237. The molecule has 0 atom stereocenters. The number of para-hydroxylation sites is 2. The Morgan fingerprint density at radius 1 is 0.931 bits per heavy atom. The Hall–Kier alpha value is -3.22. The van der Waals surface area contributed by atoms with Gasteiger partial charge in [0, 0.05) is 31.9 Å². The number of hydrogen-bond acceptors (Lipinski definition) is 6. The SMILES string of the molecule is CC(C)OC(=O)c1nc2ccccc2nc1N1CCN(c2ccc(F)cc2)CC1. The molecule has 0 spiro atoms. The van der Waals surface area contributed by atoms with Crippen LogP contribution in [0.4, 0.5) is 15.9 Å². The summed E-state index contributed by atoms with van der Waals surface area (Å²) in [4.78, 5) is 26.2. The van der Waals surface area contributed by atoms with Crippen molar-refractivity contribution < 1.29 is 13.9 Å². The summed E-state index contributed by atoms with van der Waals surface area (Å²) in [5.41, 5.74) is 2.63. The molecule has 7 heteroatoms. The first-order valence-electron chi connectivity index (χ1n) is 9.74. The number of carbonyl (C=O) groups excluding carboxylic acids is 1. The third kappa shape index (κ3) is 4.13. The maximum atomic E-state index is 13.2. The Labute approximate surface area is 168 Å². The molecule has 150 valence electrons. The summed E-state index contributed by atoms with van der Waals surface area (Å²) in [6, 6.07) is 14.0. The van der Waals surface area contributed by atoms with Crippen LogP contribution in [0.15, 0.2) is 48.5 Å². The van der Waals surface area contributed by atoms with Crippen LogP contribution in [-0.4, -0.2) is 48.2 Å².